The van der Waals surface area contributed by atoms with Crippen molar-refractivity contribution >= 4 is 17.7 Å². The lowest BCUT2D eigenvalue weighted by molar-refractivity contribution is -0.173. The molecule has 0 radical (unpaired) electrons. The Labute approximate surface area is 94.1 Å². The monoisotopic (exact) mass is 228 g/mol. The van der Waals surface area contributed by atoms with E-state index in [1.54, 1.807) is 0 Å². The molecule has 0 amide bonds. The van der Waals surface area contributed by atoms with Crippen LogP contribution in [0.3, 0.4) is 0 Å². The minimum absolute atomic E-state index is 0.0710. The minimum Gasteiger partial charge on any atom is -0.468 e. The van der Waals surface area contributed by atoms with Crippen molar-refractivity contribution in [2.45, 2.75) is 26.2 Å². The van der Waals surface area contributed by atoms with Crippen LogP contribution in [0.4, 0.5) is 0 Å². The molecule has 1 fully saturated rings. The van der Waals surface area contributed by atoms with Gasteiger partial charge in [0.15, 0.2) is 5.41 Å². The van der Waals surface area contributed by atoms with Crippen LogP contribution in [0.1, 0.15) is 26.2 Å². The molecule has 0 N–H and O–H groups in total. The summed E-state index contributed by atoms with van der Waals surface area (Å²) in [4.78, 5) is 35.0. The molecule has 1 aliphatic rings. The van der Waals surface area contributed by atoms with Crippen LogP contribution in [-0.2, 0) is 23.9 Å². The summed E-state index contributed by atoms with van der Waals surface area (Å²) < 4.78 is 9.21. The number of carbonyl (C=O) groups is 3. The number of hydrogen-bond acceptors (Lipinski definition) is 5. The molecule has 0 bridgehead atoms. The van der Waals surface area contributed by atoms with Crippen LogP contribution in [0.15, 0.2) is 0 Å². The third-order valence-electron chi connectivity index (χ3n) is 3.22. The Morgan fingerprint density at radius 1 is 1.25 bits per heavy atom. The van der Waals surface area contributed by atoms with Crippen molar-refractivity contribution in [3.05, 3.63) is 0 Å². The predicted molar refractivity (Wildman–Crippen MR) is 54.5 cm³/mol. The van der Waals surface area contributed by atoms with Gasteiger partial charge in [0.05, 0.1) is 14.2 Å². The van der Waals surface area contributed by atoms with Crippen LogP contribution in [0.5, 0.6) is 0 Å². The number of carbonyl (C=O) groups excluding carboxylic acids is 3. The summed E-state index contributed by atoms with van der Waals surface area (Å²) in [5.41, 5.74) is -1.50. The number of methoxy groups -OCH3 is 2. The SMILES string of the molecule is COC(=O)C(C)(C(=O)OC)C1CCCC1=O. The maximum atomic E-state index is 11.7. The number of Topliss-reactive ketones (excluding diaryl/α,β-unsaturated/α-hetero) is 1. The Balaban J connectivity index is 3.08. The number of esters is 2. The first-order valence-corrected chi connectivity index (χ1v) is 5.18. The highest BCUT2D eigenvalue weighted by Gasteiger charge is 2.54. The standard InChI is InChI=1S/C11H16O5/c1-11(9(13)15-2,10(14)16-3)7-5-4-6-8(7)12/h7H,4-6H2,1-3H3. The quantitative estimate of drug-likeness (QED) is 0.525. The van der Waals surface area contributed by atoms with Gasteiger partial charge in [-0.05, 0) is 19.8 Å². The van der Waals surface area contributed by atoms with Gasteiger partial charge in [0.1, 0.15) is 5.78 Å². The molecule has 5 heteroatoms. The lowest BCUT2D eigenvalue weighted by atomic mass is 9.75. The van der Waals surface area contributed by atoms with Crippen molar-refractivity contribution in [3.8, 4) is 0 Å². The van der Waals surface area contributed by atoms with Crippen molar-refractivity contribution in [1.82, 2.24) is 0 Å². The van der Waals surface area contributed by atoms with E-state index in [1.807, 2.05) is 0 Å². The number of ketones is 1. The fraction of sp³-hybridized carbons (Fsp3) is 0.727. The van der Waals surface area contributed by atoms with E-state index in [-0.39, 0.29) is 5.78 Å². The van der Waals surface area contributed by atoms with E-state index in [4.69, 9.17) is 0 Å². The maximum Gasteiger partial charge on any atom is 0.323 e. The molecule has 5 nitrogen and oxygen atoms in total. The van der Waals surface area contributed by atoms with Crippen LogP contribution >= 0.6 is 0 Å². The van der Waals surface area contributed by atoms with Crippen molar-refractivity contribution in [3.63, 3.8) is 0 Å². The van der Waals surface area contributed by atoms with E-state index in [0.29, 0.717) is 19.3 Å². The van der Waals surface area contributed by atoms with Crippen LogP contribution in [0, 0.1) is 11.3 Å². The minimum atomic E-state index is -1.50. The molecule has 90 valence electrons. The lowest BCUT2D eigenvalue weighted by Gasteiger charge is -2.28. The van der Waals surface area contributed by atoms with Crippen molar-refractivity contribution < 1.29 is 23.9 Å². The Morgan fingerprint density at radius 3 is 2.06 bits per heavy atom. The molecule has 16 heavy (non-hydrogen) atoms. The van der Waals surface area contributed by atoms with Crippen LogP contribution in [0.2, 0.25) is 0 Å². The van der Waals surface area contributed by atoms with E-state index in [2.05, 4.69) is 9.47 Å². The average molecular weight is 228 g/mol. The van der Waals surface area contributed by atoms with E-state index >= 15 is 0 Å². The smallest absolute Gasteiger partial charge is 0.323 e. The Kier molecular flexibility index (Phi) is 3.67. The molecule has 0 aliphatic heterocycles. The number of rotatable bonds is 3. The maximum absolute atomic E-state index is 11.7. The predicted octanol–water partition coefficient (Wildman–Crippen LogP) is 0.708. The van der Waals surface area contributed by atoms with Gasteiger partial charge >= 0.3 is 11.9 Å². The zero-order valence-electron chi connectivity index (χ0n) is 9.74. The molecule has 0 heterocycles. The molecule has 0 aromatic heterocycles. The van der Waals surface area contributed by atoms with Gasteiger partial charge in [-0.1, -0.05) is 0 Å². The van der Waals surface area contributed by atoms with E-state index < -0.39 is 23.3 Å². The first-order chi connectivity index (χ1) is 7.48. The van der Waals surface area contributed by atoms with Gasteiger partial charge in [0.25, 0.3) is 0 Å². The molecular weight excluding hydrogens is 212 g/mol. The van der Waals surface area contributed by atoms with Gasteiger partial charge in [0.2, 0.25) is 0 Å². The second-order valence-electron chi connectivity index (χ2n) is 4.10. The molecule has 0 aromatic rings. The number of ether oxygens (including phenoxy) is 2. The first-order valence-electron chi connectivity index (χ1n) is 5.18. The Bertz CT molecular complexity index is 304. The summed E-state index contributed by atoms with van der Waals surface area (Å²) >= 11 is 0. The van der Waals surface area contributed by atoms with Gasteiger partial charge in [-0.2, -0.15) is 0 Å². The normalized spacial score (nSPS) is 20.7. The van der Waals surface area contributed by atoms with Crippen molar-refractivity contribution in [2.75, 3.05) is 14.2 Å². The summed E-state index contributed by atoms with van der Waals surface area (Å²) in [6, 6.07) is 0. The molecule has 1 aliphatic carbocycles. The zero-order chi connectivity index (χ0) is 12.3. The largest absolute Gasteiger partial charge is 0.468 e. The highest BCUT2D eigenvalue weighted by Crippen LogP contribution is 2.39. The molecule has 1 unspecified atom stereocenters. The zero-order valence-corrected chi connectivity index (χ0v) is 9.74. The van der Waals surface area contributed by atoms with Gasteiger partial charge in [-0.3, -0.25) is 14.4 Å². The Morgan fingerprint density at radius 2 is 1.75 bits per heavy atom. The summed E-state index contributed by atoms with van der Waals surface area (Å²) in [6.07, 6.45) is 1.64. The van der Waals surface area contributed by atoms with Crippen molar-refractivity contribution in [1.29, 1.82) is 0 Å². The first kappa shape index (κ1) is 12.7. The van der Waals surface area contributed by atoms with Crippen LogP contribution < -0.4 is 0 Å². The molecule has 0 aromatic carbocycles. The fourth-order valence-corrected chi connectivity index (χ4v) is 2.22. The second-order valence-corrected chi connectivity index (χ2v) is 4.10. The summed E-state index contributed by atoms with van der Waals surface area (Å²) in [7, 11) is 2.39. The van der Waals surface area contributed by atoms with Crippen LogP contribution in [0.25, 0.3) is 0 Å². The van der Waals surface area contributed by atoms with Gasteiger partial charge in [-0.25, -0.2) is 0 Å². The fourth-order valence-electron chi connectivity index (χ4n) is 2.22. The van der Waals surface area contributed by atoms with Crippen LogP contribution in [-0.4, -0.2) is 31.9 Å². The molecule has 1 saturated carbocycles. The highest BCUT2D eigenvalue weighted by molar-refractivity contribution is 6.05. The molecule has 0 spiro atoms. The molecule has 1 rings (SSSR count). The summed E-state index contributed by atoms with van der Waals surface area (Å²) in [5, 5.41) is 0. The van der Waals surface area contributed by atoms with Gasteiger partial charge in [0, 0.05) is 12.3 Å². The van der Waals surface area contributed by atoms with E-state index in [9.17, 15) is 14.4 Å². The average Bonchev–Trinajstić information content (AvgIpc) is 2.72. The van der Waals surface area contributed by atoms with E-state index in [0.717, 1.165) is 0 Å². The third kappa shape index (κ3) is 1.81. The Hall–Kier alpha value is -1.39. The van der Waals surface area contributed by atoms with Crippen molar-refractivity contribution in [2.24, 2.45) is 11.3 Å². The highest BCUT2D eigenvalue weighted by atomic mass is 16.5. The van der Waals surface area contributed by atoms with E-state index in [1.165, 1.54) is 21.1 Å². The number of hydrogen-bond donors (Lipinski definition) is 0. The molecule has 1 atom stereocenters. The lowest BCUT2D eigenvalue weighted by Crippen LogP contribution is -2.46. The summed E-state index contributed by atoms with van der Waals surface area (Å²) in [5.74, 6) is -2.11. The molecular formula is C11H16O5. The summed E-state index contributed by atoms with van der Waals surface area (Å²) in [6.45, 7) is 1.42. The third-order valence-corrected chi connectivity index (χ3v) is 3.22. The topological polar surface area (TPSA) is 69.7 Å². The molecule has 0 saturated heterocycles. The van der Waals surface area contributed by atoms with Gasteiger partial charge < -0.3 is 9.47 Å². The van der Waals surface area contributed by atoms with Gasteiger partial charge in [-0.15, -0.1) is 0 Å². The second kappa shape index (κ2) is 4.63.